The first kappa shape index (κ1) is 30.0. The fourth-order valence-corrected chi connectivity index (χ4v) is 5.23. The maximum atomic E-state index is 13.9. The van der Waals surface area contributed by atoms with Crippen LogP contribution in [0.3, 0.4) is 0 Å². The van der Waals surface area contributed by atoms with Gasteiger partial charge in [-0.25, -0.2) is 14.8 Å². The zero-order chi connectivity index (χ0) is 29.0. The second kappa shape index (κ2) is 12.7. The summed E-state index contributed by atoms with van der Waals surface area (Å²) >= 11 is 8.08. The van der Waals surface area contributed by atoms with Crippen molar-refractivity contribution in [2.24, 2.45) is 0 Å². The molecule has 0 atom stereocenters. The minimum absolute atomic E-state index is 0.204. The van der Waals surface area contributed by atoms with Gasteiger partial charge in [-0.3, -0.25) is 14.3 Å². The van der Waals surface area contributed by atoms with Gasteiger partial charge in [-0.2, -0.15) is 0 Å². The summed E-state index contributed by atoms with van der Waals surface area (Å²) in [4.78, 5) is 39.5. The smallest absolute Gasteiger partial charge is 0.410 e. The minimum atomic E-state index is -0.515. The number of carbonyl (C=O) groups excluding carboxylic acids is 1. The van der Waals surface area contributed by atoms with Gasteiger partial charge in [-0.05, 0) is 52.1 Å². The number of pyridine rings is 1. The molecule has 3 aromatic rings. The van der Waals surface area contributed by atoms with Gasteiger partial charge in [0.15, 0.2) is 5.16 Å². The average Bonchev–Trinajstić information content (AvgIpc) is 2.93. The van der Waals surface area contributed by atoms with E-state index in [1.165, 1.54) is 18.9 Å². The summed E-state index contributed by atoms with van der Waals surface area (Å²) in [6.07, 6.45) is 4.07. The van der Waals surface area contributed by atoms with Crippen molar-refractivity contribution in [3.05, 3.63) is 39.8 Å². The van der Waals surface area contributed by atoms with Gasteiger partial charge in [-0.1, -0.05) is 23.4 Å². The van der Waals surface area contributed by atoms with E-state index in [1.54, 1.807) is 41.0 Å². The average molecular weight is 590 g/mol. The fourth-order valence-electron chi connectivity index (χ4n) is 4.61. The molecular weight excluding hydrogens is 554 g/mol. The minimum Gasteiger partial charge on any atom is -0.497 e. The molecule has 1 saturated heterocycles. The summed E-state index contributed by atoms with van der Waals surface area (Å²) in [5.41, 5.74) is 0.796. The molecular formula is C28H36ClN5O5S. The molecule has 2 aromatic heterocycles. The summed E-state index contributed by atoms with van der Waals surface area (Å²) in [5.74, 6) is 0.948. The number of benzene rings is 1. The zero-order valence-corrected chi connectivity index (χ0v) is 25.4. The largest absolute Gasteiger partial charge is 0.497 e. The Bertz CT molecular complexity index is 1430. The molecule has 1 aliphatic heterocycles. The predicted octanol–water partition coefficient (Wildman–Crippen LogP) is 4.79. The number of carbonyl (C=O) groups is 1. The second-order valence-corrected chi connectivity index (χ2v) is 11.7. The highest BCUT2D eigenvalue weighted by Gasteiger charge is 2.26. The van der Waals surface area contributed by atoms with Crippen LogP contribution < -0.4 is 15.0 Å². The quantitative estimate of drug-likeness (QED) is 0.271. The van der Waals surface area contributed by atoms with Crippen LogP contribution in [0.4, 0.5) is 4.79 Å². The molecule has 1 aliphatic rings. The van der Waals surface area contributed by atoms with Gasteiger partial charge in [0.05, 0.1) is 19.2 Å². The summed E-state index contributed by atoms with van der Waals surface area (Å²) < 4.78 is 18.1. The third-order valence-electron chi connectivity index (χ3n) is 6.63. The first-order valence-corrected chi connectivity index (χ1v) is 14.7. The van der Waals surface area contributed by atoms with E-state index < -0.39 is 5.60 Å². The normalized spacial score (nSPS) is 14.4. The number of rotatable bonds is 8. The summed E-state index contributed by atoms with van der Waals surface area (Å²) in [6, 6.07) is 5.19. The molecule has 0 radical (unpaired) electrons. The number of aryl methyl sites for hydroxylation is 1. The Morgan fingerprint density at radius 1 is 1.05 bits per heavy atom. The lowest BCUT2D eigenvalue weighted by molar-refractivity contribution is 0.0144. The highest BCUT2D eigenvalue weighted by molar-refractivity contribution is 7.98. The predicted molar refractivity (Wildman–Crippen MR) is 158 cm³/mol. The molecule has 0 N–H and O–H groups in total. The fraction of sp³-hybridized carbons (Fsp3) is 0.500. The number of ether oxygens (including phenoxy) is 3. The Morgan fingerprint density at radius 2 is 1.77 bits per heavy atom. The first-order valence-electron chi connectivity index (χ1n) is 13.1. The molecule has 4 rings (SSSR count). The molecule has 0 aliphatic carbocycles. The molecule has 0 saturated carbocycles. The number of piperazine rings is 1. The standard InChI is InChI=1S/C28H36ClN5O5S/c1-28(2,3)39-27(36)33-12-10-32(11-13-33)8-7-9-34-24-18(17-30-26(31-24)40-6)14-21(25(34)35)20-15-19(37-4)16-22(38-5)23(20)29/h14-17H,7-13H2,1-6H3. The monoisotopic (exact) mass is 589 g/mol. The molecule has 1 fully saturated rings. The number of methoxy groups -OCH3 is 2. The van der Waals surface area contributed by atoms with Gasteiger partial charge < -0.3 is 19.1 Å². The number of thioether (sulfide) groups is 1. The molecule has 0 bridgehead atoms. The SMILES string of the molecule is COc1cc(OC)c(Cl)c(-c2cc3cnc(SC)nc3n(CCCN3CCN(C(=O)OC(C)(C)C)CC3)c2=O)c1. The lowest BCUT2D eigenvalue weighted by atomic mass is 10.0. The van der Waals surface area contributed by atoms with Gasteiger partial charge in [0.2, 0.25) is 0 Å². The topological polar surface area (TPSA) is 99.0 Å². The van der Waals surface area contributed by atoms with E-state index in [0.717, 1.165) is 31.4 Å². The zero-order valence-electron chi connectivity index (χ0n) is 23.8. The van der Waals surface area contributed by atoms with Crippen molar-refractivity contribution in [3.63, 3.8) is 0 Å². The molecule has 0 spiro atoms. The van der Waals surface area contributed by atoms with Crippen LogP contribution in [0.1, 0.15) is 27.2 Å². The van der Waals surface area contributed by atoms with Crippen molar-refractivity contribution in [1.82, 2.24) is 24.3 Å². The maximum absolute atomic E-state index is 13.9. The Hall–Kier alpha value is -3.02. The van der Waals surface area contributed by atoms with Crippen LogP contribution in [0, 0.1) is 0 Å². The van der Waals surface area contributed by atoms with E-state index in [1.807, 2.05) is 27.0 Å². The number of nitrogens with zero attached hydrogens (tertiary/aromatic N) is 5. The van der Waals surface area contributed by atoms with E-state index in [-0.39, 0.29) is 11.7 Å². The summed E-state index contributed by atoms with van der Waals surface area (Å²) in [5, 5.41) is 1.65. The molecule has 40 heavy (non-hydrogen) atoms. The number of hydrogen-bond acceptors (Lipinski definition) is 9. The van der Waals surface area contributed by atoms with E-state index in [4.69, 9.17) is 25.8 Å². The second-order valence-electron chi connectivity index (χ2n) is 10.5. The molecule has 1 amide bonds. The van der Waals surface area contributed by atoms with Crippen LogP contribution in [0.5, 0.6) is 11.5 Å². The molecule has 3 heterocycles. The van der Waals surface area contributed by atoms with Crippen LogP contribution in [0.15, 0.2) is 34.3 Å². The molecule has 216 valence electrons. The maximum Gasteiger partial charge on any atom is 0.410 e. The van der Waals surface area contributed by atoms with E-state index >= 15 is 0 Å². The third kappa shape index (κ3) is 6.82. The van der Waals surface area contributed by atoms with Crippen molar-refractivity contribution in [2.75, 3.05) is 53.2 Å². The lowest BCUT2D eigenvalue weighted by Crippen LogP contribution is -2.50. The Labute approximate surface area is 243 Å². The number of hydrogen-bond donors (Lipinski definition) is 0. The van der Waals surface area contributed by atoms with Crippen molar-refractivity contribution in [1.29, 1.82) is 0 Å². The first-order chi connectivity index (χ1) is 19.0. The third-order valence-corrected chi connectivity index (χ3v) is 7.58. The summed E-state index contributed by atoms with van der Waals surface area (Å²) in [7, 11) is 3.07. The van der Waals surface area contributed by atoms with Crippen molar-refractivity contribution < 1.29 is 19.0 Å². The Balaban J connectivity index is 1.58. The van der Waals surface area contributed by atoms with Gasteiger partial charge in [0, 0.05) is 61.5 Å². The van der Waals surface area contributed by atoms with Gasteiger partial charge in [0.25, 0.3) is 5.56 Å². The van der Waals surface area contributed by atoms with Crippen LogP contribution in [0.2, 0.25) is 5.02 Å². The van der Waals surface area contributed by atoms with Crippen LogP contribution >= 0.6 is 23.4 Å². The van der Waals surface area contributed by atoms with E-state index in [2.05, 4.69) is 14.9 Å². The highest BCUT2D eigenvalue weighted by Crippen LogP contribution is 2.38. The van der Waals surface area contributed by atoms with Crippen LogP contribution in [0.25, 0.3) is 22.2 Å². The van der Waals surface area contributed by atoms with Crippen molar-refractivity contribution >= 4 is 40.5 Å². The van der Waals surface area contributed by atoms with Crippen LogP contribution in [-0.4, -0.2) is 89.2 Å². The number of halogens is 1. The van der Waals surface area contributed by atoms with E-state index in [0.29, 0.717) is 58.1 Å². The molecule has 10 nitrogen and oxygen atoms in total. The highest BCUT2D eigenvalue weighted by atomic mass is 35.5. The molecule has 1 aromatic carbocycles. The van der Waals surface area contributed by atoms with Gasteiger partial charge >= 0.3 is 6.09 Å². The Morgan fingerprint density at radius 3 is 2.40 bits per heavy atom. The van der Waals surface area contributed by atoms with Crippen molar-refractivity contribution in [3.8, 4) is 22.6 Å². The van der Waals surface area contributed by atoms with E-state index in [9.17, 15) is 9.59 Å². The lowest BCUT2D eigenvalue weighted by Gasteiger charge is -2.35. The summed E-state index contributed by atoms with van der Waals surface area (Å²) in [6.45, 7) is 9.53. The van der Waals surface area contributed by atoms with Crippen molar-refractivity contribution in [2.45, 2.75) is 44.5 Å². The Kier molecular flexibility index (Phi) is 9.48. The van der Waals surface area contributed by atoms with Crippen LogP contribution in [-0.2, 0) is 11.3 Å². The molecule has 0 unspecified atom stereocenters. The van der Waals surface area contributed by atoms with Gasteiger partial charge in [-0.15, -0.1) is 0 Å². The number of aromatic nitrogens is 3. The number of fused-ring (bicyclic) bond motifs is 1. The van der Waals surface area contributed by atoms with Gasteiger partial charge in [0.1, 0.15) is 22.7 Å². The molecule has 12 heteroatoms. The number of amides is 1.